The van der Waals surface area contributed by atoms with Crippen molar-refractivity contribution in [3.05, 3.63) is 0 Å². The lowest BCUT2D eigenvalue weighted by Gasteiger charge is -2.31. The van der Waals surface area contributed by atoms with Crippen molar-refractivity contribution in [2.45, 2.75) is 76.6 Å². The van der Waals surface area contributed by atoms with Gasteiger partial charge in [0.25, 0.3) is 0 Å². The molecule has 23 heavy (non-hydrogen) atoms. The number of nitriles is 1. The second-order valence-corrected chi connectivity index (χ2v) is 8.37. The van der Waals surface area contributed by atoms with E-state index in [1.807, 2.05) is 6.92 Å². The smallest absolute Gasteiger partial charge is 0.237 e. The second kappa shape index (κ2) is 6.07. The van der Waals surface area contributed by atoms with Crippen LogP contribution in [0, 0.1) is 29.1 Å². The normalized spacial score (nSPS) is 46.0. The first-order chi connectivity index (χ1) is 10.8. The Morgan fingerprint density at radius 3 is 2.48 bits per heavy atom. The maximum atomic E-state index is 12.6. The number of hydrogen-bond acceptors (Lipinski definition) is 4. The molecule has 5 nitrogen and oxygen atoms in total. The fraction of sp³-hybridized carbons (Fsp3) is 0.889. The summed E-state index contributed by atoms with van der Waals surface area (Å²) in [6.07, 6.45) is 4.55. The zero-order valence-corrected chi connectivity index (χ0v) is 14.5. The molecule has 0 radical (unpaired) electrons. The van der Waals surface area contributed by atoms with Gasteiger partial charge in [0.05, 0.1) is 18.7 Å². The van der Waals surface area contributed by atoms with Crippen LogP contribution in [0.2, 0.25) is 0 Å². The third kappa shape index (κ3) is 3.12. The van der Waals surface area contributed by atoms with Gasteiger partial charge in [0.15, 0.2) is 0 Å². The van der Waals surface area contributed by atoms with Gasteiger partial charge in [-0.15, -0.1) is 0 Å². The fourth-order valence-corrected chi connectivity index (χ4v) is 5.18. The van der Waals surface area contributed by atoms with E-state index < -0.39 is 0 Å². The average molecular weight is 319 g/mol. The molecule has 1 aliphatic heterocycles. The maximum Gasteiger partial charge on any atom is 0.237 e. The van der Waals surface area contributed by atoms with E-state index in [9.17, 15) is 15.2 Å². The van der Waals surface area contributed by atoms with Crippen LogP contribution in [0.1, 0.15) is 52.9 Å². The van der Waals surface area contributed by atoms with Gasteiger partial charge in [0, 0.05) is 11.6 Å². The van der Waals surface area contributed by atoms with Crippen molar-refractivity contribution in [3.63, 3.8) is 0 Å². The van der Waals surface area contributed by atoms with Crippen LogP contribution >= 0.6 is 0 Å². The van der Waals surface area contributed by atoms with Crippen LogP contribution < -0.4 is 5.32 Å². The molecule has 1 amide bonds. The van der Waals surface area contributed by atoms with Crippen molar-refractivity contribution in [2.24, 2.45) is 17.8 Å². The van der Waals surface area contributed by atoms with Gasteiger partial charge in [0.1, 0.15) is 6.04 Å². The molecule has 2 aliphatic carbocycles. The summed E-state index contributed by atoms with van der Waals surface area (Å²) in [5, 5.41) is 22.5. The van der Waals surface area contributed by atoms with Gasteiger partial charge >= 0.3 is 0 Å². The molecular formula is C18H29N3O2. The van der Waals surface area contributed by atoms with Crippen LogP contribution in [0.25, 0.3) is 0 Å². The van der Waals surface area contributed by atoms with Crippen molar-refractivity contribution in [1.29, 1.82) is 5.26 Å². The molecular weight excluding hydrogens is 290 g/mol. The van der Waals surface area contributed by atoms with Crippen molar-refractivity contribution >= 4 is 5.91 Å². The van der Waals surface area contributed by atoms with Crippen LogP contribution in [0.5, 0.6) is 0 Å². The molecule has 128 valence electrons. The summed E-state index contributed by atoms with van der Waals surface area (Å²) >= 11 is 0. The van der Waals surface area contributed by atoms with E-state index in [1.165, 1.54) is 0 Å². The molecule has 5 heteroatoms. The monoisotopic (exact) mass is 319 g/mol. The van der Waals surface area contributed by atoms with E-state index in [4.69, 9.17) is 0 Å². The largest absolute Gasteiger partial charge is 0.393 e. The highest BCUT2D eigenvalue weighted by molar-refractivity contribution is 5.79. The molecule has 3 fully saturated rings. The Kier molecular flexibility index (Phi) is 4.41. The van der Waals surface area contributed by atoms with E-state index in [0.29, 0.717) is 24.3 Å². The Morgan fingerprint density at radius 2 is 1.91 bits per heavy atom. The lowest BCUT2D eigenvalue weighted by molar-refractivity contribution is -0.132. The topological polar surface area (TPSA) is 76.4 Å². The Morgan fingerprint density at radius 1 is 1.30 bits per heavy atom. The SMILES string of the molecule is CC1C[C@@H](C#N)N(C(=O)CN[C@]2(C)C[C@H]3C[C@@H](O)C[C@H]3C2)C1C. The third-order valence-electron chi connectivity index (χ3n) is 6.54. The quantitative estimate of drug-likeness (QED) is 0.829. The van der Waals surface area contributed by atoms with Gasteiger partial charge in [-0.25, -0.2) is 0 Å². The molecule has 0 bridgehead atoms. The second-order valence-electron chi connectivity index (χ2n) is 8.37. The van der Waals surface area contributed by atoms with E-state index in [1.54, 1.807) is 4.90 Å². The van der Waals surface area contributed by atoms with Crippen LogP contribution in [-0.2, 0) is 4.79 Å². The Bertz CT molecular complexity index is 501. The predicted octanol–water partition coefficient (Wildman–Crippen LogP) is 1.66. The first-order valence-corrected chi connectivity index (χ1v) is 8.97. The summed E-state index contributed by atoms with van der Waals surface area (Å²) in [7, 11) is 0. The zero-order valence-electron chi connectivity index (χ0n) is 14.5. The highest BCUT2D eigenvalue weighted by Gasteiger charge is 2.47. The van der Waals surface area contributed by atoms with Crippen molar-refractivity contribution in [1.82, 2.24) is 10.2 Å². The molecule has 7 atom stereocenters. The molecule has 0 aromatic heterocycles. The minimum absolute atomic E-state index is 0.0121. The van der Waals surface area contributed by atoms with Crippen molar-refractivity contribution in [3.8, 4) is 6.07 Å². The van der Waals surface area contributed by atoms with E-state index in [0.717, 1.165) is 32.1 Å². The van der Waals surface area contributed by atoms with Gasteiger partial charge in [-0.05, 0) is 63.7 Å². The first kappa shape index (κ1) is 16.7. The maximum absolute atomic E-state index is 12.6. The number of likely N-dealkylation sites (tertiary alicyclic amines) is 1. The van der Waals surface area contributed by atoms with E-state index in [-0.39, 0.29) is 29.6 Å². The zero-order chi connectivity index (χ0) is 16.8. The summed E-state index contributed by atoms with van der Waals surface area (Å²) in [6.45, 7) is 6.67. The fourth-order valence-electron chi connectivity index (χ4n) is 5.18. The number of hydrogen-bond donors (Lipinski definition) is 2. The molecule has 3 rings (SSSR count). The standard InChI is InChI=1S/C18H29N3O2/c1-11-4-15(9-19)21(12(11)2)17(23)10-20-18(3)7-13-5-16(22)6-14(13)8-18/h11-16,20,22H,4-8,10H2,1-3H3/t11?,12?,13-,14+,15-,16-,18-/m0/s1. The number of amides is 1. The Hall–Kier alpha value is -1.12. The minimum atomic E-state index is -0.278. The minimum Gasteiger partial charge on any atom is -0.393 e. The molecule has 1 heterocycles. The van der Waals surface area contributed by atoms with Crippen LogP contribution in [0.15, 0.2) is 0 Å². The highest BCUT2D eigenvalue weighted by atomic mass is 16.3. The first-order valence-electron chi connectivity index (χ1n) is 8.97. The van der Waals surface area contributed by atoms with E-state index in [2.05, 4.69) is 25.2 Å². The summed E-state index contributed by atoms with van der Waals surface area (Å²) in [5.74, 6) is 1.61. The Balaban J connectivity index is 1.56. The molecule has 1 saturated heterocycles. The van der Waals surface area contributed by atoms with Gasteiger partial charge in [0.2, 0.25) is 5.91 Å². The number of rotatable bonds is 3. The lowest BCUT2D eigenvalue weighted by atomic mass is 9.95. The molecule has 2 unspecified atom stereocenters. The molecule has 0 aromatic carbocycles. The van der Waals surface area contributed by atoms with Gasteiger partial charge in [-0.1, -0.05) is 6.92 Å². The summed E-state index contributed by atoms with van der Waals surface area (Å²) in [5.41, 5.74) is -0.0121. The van der Waals surface area contributed by atoms with Gasteiger partial charge < -0.3 is 15.3 Å². The predicted molar refractivity (Wildman–Crippen MR) is 87.4 cm³/mol. The van der Waals surface area contributed by atoms with Crippen LogP contribution in [-0.4, -0.2) is 46.2 Å². The average Bonchev–Trinajstić information content (AvgIpc) is 3.06. The highest BCUT2D eigenvalue weighted by Crippen LogP contribution is 2.48. The Labute approximate surface area is 139 Å². The summed E-state index contributed by atoms with van der Waals surface area (Å²) in [6, 6.07) is 2.14. The van der Waals surface area contributed by atoms with Crippen LogP contribution in [0.4, 0.5) is 0 Å². The summed E-state index contributed by atoms with van der Waals surface area (Å²) < 4.78 is 0. The van der Waals surface area contributed by atoms with Crippen molar-refractivity contribution in [2.75, 3.05) is 6.54 Å². The molecule has 2 saturated carbocycles. The molecule has 0 spiro atoms. The molecule has 3 aliphatic rings. The molecule has 2 N–H and O–H groups in total. The molecule has 0 aromatic rings. The number of fused-ring (bicyclic) bond motifs is 1. The van der Waals surface area contributed by atoms with Gasteiger partial charge in [-0.3, -0.25) is 4.79 Å². The summed E-state index contributed by atoms with van der Waals surface area (Å²) in [4.78, 5) is 14.4. The third-order valence-corrected chi connectivity index (χ3v) is 6.54. The number of nitrogens with zero attached hydrogens (tertiary/aromatic N) is 2. The number of nitrogens with one attached hydrogen (secondary N) is 1. The lowest BCUT2D eigenvalue weighted by Crippen LogP contribution is -2.50. The number of aliphatic hydroxyl groups is 1. The number of carbonyl (C=O) groups excluding carboxylic acids is 1. The van der Waals surface area contributed by atoms with Gasteiger partial charge in [-0.2, -0.15) is 5.26 Å². The number of carbonyl (C=O) groups is 1. The van der Waals surface area contributed by atoms with Crippen molar-refractivity contribution < 1.29 is 9.90 Å². The number of aliphatic hydroxyl groups excluding tert-OH is 1. The van der Waals surface area contributed by atoms with Crippen LogP contribution in [0.3, 0.4) is 0 Å². The van der Waals surface area contributed by atoms with E-state index >= 15 is 0 Å².